The Balaban J connectivity index is 1.39. The molecule has 1 fully saturated rings. The third-order valence-electron chi connectivity index (χ3n) is 6.62. The second kappa shape index (κ2) is 8.38. The number of fused-ring (bicyclic) bond motifs is 1. The number of carbonyl (C=O) groups is 1. The van der Waals surface area contributed by atoms with Gasteiger partial charge in [-0.05, 0) is 68.6 Å². The summed E-state index contributed by atoms with van der Waals surface area (Å²) >= 11 is 0. The van der Waals surface area contributed by atoms with E-state index >= 15 is 4.39 Å². The molecule has 4 rings (SSSR count). The summed E-state index contributed by atoms with van der Waals surface area (Å²) in [6, 6.07) is 13.0. The van der Waals surface area contributed by atoms with E-state index in [-0.39, 0.29) is 23.8 Å². The van der Waals surface area contributed by atoms with Crippen LogP contribution in [0.4, 0.5) is 4.39 Å². The Morgan fingerprint density at radius 3 is 2.47 bits per heavy atom. The maximum atomic E-state index is 15.1. The van der Waals surface area contributed by atoms with E-state index in [1.165, 1.54) is 0 Å². The molecule has 30 heavy (non-hydrogen) atoms. The van der Waals surface area contributed by atoms with Crippen LogP contribution in [-0.2, 0) is 13.2 Å². The van der Waals surface area contributed by atoms with Gasteiger partial charge in [-0.1, -0.05) is 36.4 Å². The Morgan fingerprint density at radius 1 is 1.10 bits per heavy atom. The fourth-order valence-corrected chi connectivity index (χ4v) is 4.75. The molecule has 1 aliphatic heterocycles. The number of carbonyl (C=O) groups excluding carboxylic acids is 1. The Bertz CT molecular complexity index is 899. The summed E-state index contributed by atoms with van der Waals surface area (Å²) in [7, 11) is 0. The highest BCUT2D eigenvalue weighted by molar-refractivity contribution is 5.99. The number of aliphatic hydroxyl groups is 1. The van der Waals surface area contributed by atoms with Gasteiger partial charge in [-0.15, -0.1) is 0 Å². The average molecular weight is 412 g/mol. The van der Waals surface area contributed by atoms with Crippen molar-refractivity contribution >= 4 is 5.91 Å². The van der Waals surface area contributed by atoms with Crippen LogP contribution < -0.4 is 4.74 Å². The number of nitrogens with zero attached hydrogens (tertiary/aromatic N) is 1. The minimum Gasteiger partial charge on any atom is -0.486 e. The first-order chi connectivity index (χ1) is 14.3. The molecule has 0 unspecified atom stereocenters. The summed E-state index contributed by atoms with van der Waals surface area (Å²) in [5.74, 6) is 0.0400. The lowest BCUT2D eigenvalue weighted by Crippen LogP contribution is -2.37. The van der Waals surface area contributed by atoms with E-state index < -0.39 is 11.4 Å². The van der Waals surface area contributed by atoms with Crippen molar-refractivity contribution in [3.05, 3.63) is 65.0 Å². The van der Waals surface area contributed by atoms with Gasteiger partial charge >= 0.3 is 0 Å². The van der Waals surface area contributed by atoms with Gasteiger partial charge in [0, 0.05) is 13.1 Å². The number of amides is 1. The van der Waals surface area contributed by atoms with Crippen molar-refractivity contribution in [1.29, 1.82) is 0 Å². The summed E-state index contributed by atoms with van der Waals surface area (Å²) < 4.78 is 20.7. The van der Waals surface area contributed by atoms with Crippen molar-refractivity contribution in [3.63, 3.8) is 0 Å². The first kappa shape index (κ1) is 20.9. The molecule has 0 bridgehead atoms. The van der Waals surface area contributed by atoms with Gasteiger partial charge in [-0.3, -0.25) is 4.79 Å². The van der Waals surface area contributed by atoms with Gasteiger partial charge in [0.25, 0.3) is 5.91 Å². The second-order valence-corrected chi connectivity index (χ2v) is 9.24. The fraction of sp³-hybridized carbons (Fsp3) is 0.480. The number of benzene rings is 2. The van der Waals surface area contributed by atoms with Crippen molar-refractivity contribution in [2.45, 2.75) is 58.3 Å². The minimum atomic E-state index is -0.649. The van der Waals surface area contributed by atoms with Crippen LogP contribution in [0, 0.1) is 17.7 Å². The van der Waals surface area contributed by atoms with E-state index in [1.807, 2.05) is 50.2 Å². The van der Waals surface area contributed by atoms with E-state index in [2.05, 4.69) is 0 Å². The SMILES string of the molecule is CC(C)(O)C1CCC(CN2Cc3ccc(OCc4ccccc4)c(F)c3C2=O)CC1. The van der Waals surface area contributed by atoms with Gasteiger partial charge in [0.1, 0.15) is 6.61 Å². The first-order valence-electron chi connectivity index (χ1n) is 10.8. The van der Waals surface area contributed by atoms with Crippen molar-refractivity contribution < 1.29 is 19.0 Å². The monoisotopic (exact) mass is 411 g/mol. The van der Waals surface area contributed by atoms with E-state index in [9.17, 15) is 9.90 Å². The molecule has 0 spiro atoms. The lowest BCUT2D eigenvalue weighted by molar-refractivity contribution is -0.00801. The quantitative estimate of drug-likeness (QED) is 0.733. The molecule has 4 nitrogen and oxygen atoms in total. The number of hydrogen-bond acceptors (Lipinski definition) is 3. The first-order valence-corrected chi connectivity index (χ1v) is 10.8. The summed E-state index contributed by atoms with van der Waals surface area (Å²) in [4.78, 5) is 14.7. The van der Waals surface area contributed by atoms with Crippen molar-refractivity contribution in [2.24, 2.45) is 11.8 Å². The van der Waals surface area contributed by atoms with E-state index in [4.69, 9.17) is 4.74 Å². The van der Waals surface area contributed by atoms with Gasteiger partial charge in [0.15, 0.2) is 11.6 Å². The standard InChI is InChI=1S/C25H30FNO3/c1-25(2,29)20-11-8-17(9-12-20)14-27-15-19-10-13-21(23(26)22(19)24(27)28)30-16-18-6-4-3-5-7-18/h3-7,10,13,17,20,29H,8-9,11-12,14-16H2,1-2H3. The Morgan fingerprint density at radius 2 is 1.80 bits per heavy atom. The zero-order valence-electron chi connectivity index (χ0n) is 17.7. The van der Waals surface area contributed by atoms with Gasteiger partial charge in [-0.25, -0.2) is 4.39 Å². The topological polar surface area (TPSA) is 49.8 Å². The minimum absolute atomic E-state index is 0.124. The zero-order chi connectivity index (χ0) is 21.3. The van der Waals surface area contributed by atoms with Crippen LogP contribution in [0.25, 0.3) is 0 Å². The largest absolute Gasteiger partial charge is 0.486 e. The van der Waals surface area contributed by atoms with Crippen LogP contribution in [-0.4, -0.2) is 28.1 Å². The number of hydrogen-bond donors (Lipinski definition) is 1. The van der Waals surface area contributed by atoms with Gasteiger partial charge < -0.3 is 14.7 Å². The predicted molar refractivity (Wildman–Crippen MR) is 114 cm³/mol. The van der Waals surface area contributed by atoms with Crippen LogP contribution in [0.3, 0.4) is 0 Å². The van der Waals surface area contributed by atoms with E-state index in [1.54, 1.807) is 11.0 Å². The summed E-state index contributed by atoms with van der Waals surface area (Å²) in [6.07, 6.45) is 3.91. The maximum Gasteiger partial charge on any atom is 0.257 e. The molecule has 1 heterocycles. The summed E-state index contributed by atoms with van der Waals surface area (Å²) in [6.45, 7) is 5.11. The molecule has 5 heteroatoms. The molecule has 0 saturated heterocycles. The summed E-state index contributed by atoms with van der Waals surface area (Å²) in [5.41, 5.74) is 1.19. The molecule has 160 valence electrons. The van der Waals surface area contributed by atoms with Crippen LogP contribution in [0.2, 0.25) is 0 Å². The molecule has 1 saturated carbocycles. The third-order valence-corrected chi connectivity index (χ3v) is 6.62. The predicted octanol–water partition coefficient (Wildman–Crippen LogP) is 4.94. The zero-order valence-corrected chi connectivity index (χ0v) is 17.7. The van der Waals surface area contributed by atoms with Crippen molar-refractivity contribution in [1.82, 2.24) is 4.90 Å². The highest BCUT2D eigenvalue weighted by Gasteiger charge is 2.36. The molecular weight excluding hydrogens is 381 g/mol. The van der Waals surface area contributed by atoms with E-state index in [0.29, 0.717) is 24.9 Å². The highest BCUT2D eigenvalue weighted by Crippen LogP contribution is 2.37. The second-order valence-electron chi connectivity index (χ2n) is 9.24. The van der Waals surface area contributed by atoms with Crippen LogP contribution in [0.5, 0.6) is 5.75 Å². The van der Waals surface area contributed by atoms with E-state index in [0.717, 1.165) is 36.8 Å². The van der Waals surface area contributed by atoms with Crippen molar-refractivity contribution in [2.75, 3.05) is 6.54 Å². The van der Waals surface area contributed by atoms with Gasteiger partial charge in [-0.2, -0.15) is 0 Å². The lowest BCUT2D eigenvalue weighted by Gasteiger charge is -2.36. The Kier molecular flexibility index (Phi) is 5.83. The molecule has 2 aromatic rings. The lowest BCUT2D eigenvalue weighted by atomic mass is 9.75. The smallest absolute Gasteiger partial charge is 0.257 e. The molecular formula is C25H30FNO3. The van der Waals surface area contributed by atoms with Crippen molar-refractivity contribution in [3.8, 4) is 5.75 Å². The number of rotatable bonds is 6. The summed E-state index contributed by atoms with van der Waals surface area (Å²) in [5, 5.41) is 10.2. The van der Waals surface area contributed by atoms with Gasteiger partial charge in [0.2, 0.25) is 0 Å². The normalized spacial score (nSPS) is 21.6. The molecule has 1 amide bonds. The molecule has 1 N–H and O–H groups in total. The molecule has 2 aliphatic rings. The number of ether oxygens (including phenoxy) is 1. The Hall–Kier alpha value is -2.40. The molecule has 0 aromatic heterocycles. The highest BCUT2D eigenvalue weighted by atomic mass is 19.1. The Labute approximate surface area is 177 Å². The molecule has 0 radical (unpaired) electrons. The molecule has 2 aromatic carbocycles. The average Bonchev–Trinajstić information content (AvgIpc) is 3.04. The maximum absolute atomic E-state index is 15.1. The van der Waals surface area contributed by atoms with Crippen LogP contribution in [0.15, 0.2) is 42.5 Å². The molecule has 0 atom stereocenters. The fourth-order valence-electron chi connectivity index (χ4n) is 4.75. The molecule has 1 aliphatic carbocycles. The number of halogens is 1. The van der Waals surface area contributed by atoms with Gasteiger partial charge in [0.05, 0.1) is 11.2 Å². The van der Waals surface area contributed by atoms with Crippen LogP contribution in [0.1, 0.15) is 61.0 Å². The van der Waals surface area contributed by atoms with Crippen LogP contribution >= 0.6 is 0 Å². The third kappa shape index (κ3) is 4.36.